The van der Waals surface area contributed by atoms with Crippen LogP contribution < -0.4 is 0 Å². The molecule has 3 saturated heterocycles. The van der Waals surface area contributed by atoms with E-state index in [1.807, 2.05) is 0 Å². The SMILES string of the molecule is [B][B][C@H]1C[C@H](OP(=O)(O)OC[C@H]2O[C@@H](CF)C[C@@H]2O)[C@@H](COP(=O)(O)O[C@H]2C[C@H]([B])O[C@@H]2COP(=O)(O)OP(=O)(O)OP(=O)(O)CC)O1. The van der Waals surface area contributed by atoms with Gasteiger partial charge in [-0.25, -0.2) is 27.0 Å². The molecule has 0 saturated carbocycles. The molecule has 3 fully saturated rings. The standard InChI is InChI=1S/C18H34B3FO21P5/c1-2-44(24,25)42-48(32,33)43-47(30,31)36-8-15-12(4-17(19)38-15)40-46(28,29)35-9-16-13(5-18(21-20)39-16)41-45(26,27)34-7-14-11(23)3-10(6-22)37-14/h10-18,23H,2-9H2,1H3,(H,24,25)(H,26,27)(H,28,29)(H,30,31)(H,32,33)/t10-,11+,12+,13+,14-,15-,16-,17-,18-/m1/s1. The van der Waals surface area contributed by atoms with Crippen molar-refractivity contribution in [3.8, 4) is 0 Å². The van der Waals surface area contributed by atoms with E-state index in [2.05, 4.69) is 13.1 Å². The Morgan fingerprint density at radius 1 is 0.750 bits per heavy atom. The van der Waals surface area contributed by atoms with E-state index in [9.17, 15) is 56.8 Å². The number of aliphatic hydroxyl groups is 1. The third-order valence-electron chi connectivity index (χ3n) is 6.73. The number of hydrogen-bond acceptors (Lipinski definition) is 16. The molecule has 0 aromatic carbocycles. The quantitative estimate of drug-likeness (QED) is 0.0705. The molecule has 0 aromatic rings. The van der Waals surface area contributed by atoms with Crippen molar-refractivity contribution in [1.82, 2.24) is 0 Å². The maximum atomic E-state index is 12.8. The van der Waals surface area contributed by atoms with Crippen LogP contribution >= 0.6 is 38.9 Å². The zero-order valence-corrected chi connectivity index (χ0v) is 29.5. The molecule has 6 N–H and O–H groups in total. The minimum Gasteiger partial charge on any atom is -0.390 e. The molecule has 0 bridgehead atoms. The second kappa shape index (κ2) is 17.6. The van der Waals surface area contributed by atoms with E-state index in [4.69, 9.17) is 47.9 Å². The van der Waals surface area contributed by atoms with Crippen molar-refractivity contribution in [3.05, 3.63) is 0 Å². The van der Waals surface area contributed by atoms with Crippen molar-refractivity contribution < 1.29 is 102 Å². The first-order valence-corrected chi connectivity index (χ1v) is 21.7. The van der Waals surface area contributed by atoms with Crippen molar-refractivity contribution in [2.24, 2.45) is 0 Å². The maximum absolute atomic E-state index is 12.8. The summed E-state index contributed by atoms with van der Waals surface area (Å²) in [7, 11) is -13.4. The van der Waals surface area contributed by atoms with E-state index >= 15 is 0 Å². The van der Waals surface area contributed by atoms with Gasteiger partial charge in [0.25, 0.3) is 0 Å². The van der Waals surface area contributed by atoms with Crippen LogP contribution in [0.3, 0.4) is 0 Å². The summed E-state index contributed by atoms with van der Waals surface area (Å²) in [4.78, 5) is 49.2. The normalized spacial score (nSPS) is 37.2. The second-order valence-corrected chi connectivity index (χ2v) is 18.7. The molecule has 5 unspecified atom stereocenters. The Morgan fingerprint density at radius 3 is 1.79 bits per heavy atom. The highest BCUT2D eigenvalue weighted by Gasteiger charge is 2.46. The van der Waals surface area contributed by atoms with Crippen LogP contribution in [0.1, 0.15) is 26.2 Å². The Balaban J connectivity index is 1.54. The van der Waals surface area contributed by atoms with E-state index in [1.165, 1.54) is 0 Å². The lowest BCUT2D eigenvalue weighted by atomic mass is 9.51. The van der Waals surface area contributed by atoms with Gasteiger partial charge >= 0.3 is 38.9 Å². The topological polar surface area (TPSA) is 299 Å². The van der Waals surface area contributed by atoms with Gasteiger partial charge in [0.2, 0.25) is 0 Å². The van der Waals surface area contributed by atoms with Crippen LogP contribution in [-0.2, 0) is 68.3 Å². The minimum absolute atomic E-state index is 0.0462. The zero-order valence-electron chi connectivity index (χ0n) is 25.0. The predicted molar refractivity (Wildman–Crippen MR) is 159 cm³/mol. The third kappa shape index (κ3) is 13.9. The molecule has 48 heavy (non-hydrogen) atoms. The summed E-state index contributed by atoms with van der Waals surface area (Å²) in [5.74, 6) is 0. The van der Waals surface area contributed by atoms with Crippen LogP contribution in [0.4, 0.5) is 4.39 Å². The lowest BCUT2D eigenvalue weighted by Gasteiger charge is -2.25. The van der Waals surface area contributed by atoms with Gasteiger partial charge in [-0.05, 0) is 12.8 Å². The number of halogens is 1. The Kier molecular flexibility index (Phi) is 15.8. The first kappa shape index (κ1) is 43.0. The van der Waals surface area contributed by atoms with Crippen LogP contribution in [0.5, 0.6) is 0 Å². The van der Waals surface area contributed by atoms with Gasteiger partial charge in [-0.2, -0.15) is 4.31 Å². The molecule has 21 nitrogen and oxygen atoms in total. The van der Waals surface area contributed by atoms with Crippen LogP contribution in [0.2, 0.25) is 0 Å². The fourth-order valence-corrected chi connectivity index (χ4v) is 10.1. The molecule has 3 rings (SSSR count). The summed E-state index contributed by atoms with van der Waals surface area (Å²) in [6.07, 6.45) is -9.80. The zero-order chi connectivity index (χ0) is 36.1. The summed E-state index contributed by atoms with van der Waals surface area (Å²) in [6.45, 7) is -2.16. The highest BCUT2D eigenvalue weighted by atomic mass is 31.3. The molecule has 3 heterocycles. The molecular formula is C18H34B3FO21P5. The number of rotatable bonds is 20. The predicted octanol–water partition coefficient (Wildman–Crippen LogP) is 0.121. The molecule has 3 aliphatic rings. The summed E-state index contributed by atoms with van der Waals surface area (Å²) in [5.41, 5.74) is 0. The summed E-state index contributed by atoms with van der Waals surface area (Å²) >= 11 is 0. The number of phosphoric acid groups is 4. The van der Waals surface area contributed by atoms with Crippen LogP contribution in [0.25, 0.3) is 0 Å². The largest absolute Gasteiger partial charge is 0.488 e. The summed E-state index contributed by atoms with van der Waals surface area (Å²) < 4.78 is 122. The Bertz CT molecular complexity index is 1320. The molecule has 30 heteroatoms. The third-order valence-corrected chi connectivity index (χ3v) is 13.5. The van der Waals surface area contributed by atoms with E-state index in [0.717, 1.165) is 14.1 Å². The molecule has 5 radical (unpaired) electrons. The van der Waals surface area contributed by atoms with Gasteiger partial charge in [0.1, 0.15) is 32.8 Å². The van der Waals surface area contributed by atoms with Gasteiger partial charge in [0, 0.05) is 32.3 Å². The van der Waals surface area contributed by atoms with Gasteiger partial charge in [0.15, 0.2) is 0 Å². The molecule has 0 spiro atoms. The van der Waals surface area contributed by atoms with E-state index in [0.29, 0.717) is 0 Å². The number of ether oxygens (including phenoxy) is 3. The van der Waals surface area contributed by atoms with Crippen molar-refractivity contribution in [3.63, 3.8) is 0 Å². The Labute approximate surface area is 277 Å². The first-order valence-electron chi connectivity index (χ1n) is 13.9. The smallest absolute Gasteiger partial charge is 0.390 e. The number of aliphatic hydroxyl groups excluding tert-OH is 1. The van der Waals surface area contributed by atoms with Gasteiger partial charge < -0.3 is 43.8 Å². The molecule has 0 aliphatic carbocycles. The van der Waals surface area contributed by atoms with Gasteiger partial charge in [-0.1, -0.05) is 6.92 Å². The highest BCUT2D eigenvalue weighted by Crippen LogP contribution is 2.67. The van der Waals surface area contributed by atoms with Gasteiger partial charge in [0.05, 0.1) is 51.4 Å². The number of hydrogen-bond donors (Lipinski definition) is 6. The van der Waals surface area contributed by atoms with Crippen LogP contribution in [0.15, 0.2) is 0 Å². The fourth-order valence-electron chi connectivity index (χ4n) is 4.49. The van der Waals surface area contributed by atoms with Crippen LogP contribution in [-0.4, -0.2) is 140 Å². The second-order valence-electron chi connectivity index (χ2n) is 10.5. The molecule has 0 amide bonds. The van der Waals surface area contributed by atoms with Crippen molar-refractivity contribution in [2.75, 3.05) is 32.7 Å². The van der Waals surface area contributed by atoms with E-state index in [-0.39, 0.29) is 19.3 Å². The molecule has 3 aliphatic heterocycles. The van der Waals surface area contributed by atoms with Crippen molar-refractivity contribution >= 4 is 61.6 Å². The first-order chi connectivity index (χ1) is 22.1. The average molecular weight is 793 g/mol. The molecule has 0 aromatic heterocycles. The van der Waals surface area contributed by atoms with Crippen LogP contribution in [0, 0.1) is 0 Å². The number of alkyl halides is 1. The maximum Gasteiger partial charge on any atom is 0.488 e. The van der Waals surface area contributed by atoms with E-state index in [1.54, 1.807) is 0 Å². The average Bonchev–Trinajstić information content (AvgIpc) is 3.63. The Morgan fingerprint density at radius 2 is 1.27 bits per heavy atom. The van der Waals surface area contributed by atoms with Crippen molar-refractivity contribution in [1.29, 1.82) is 0 Å². The number of phosphoric ester groups is 3. The minimum atomic E-state index is -5.59. The molecule has 273 valence electrons. The Hall–Kier alpha value is 0.635. The summed E-state index contributed by atoms with van der Waals surface area (Å²) in [6, 6.07) is -2.02. The highest BCUT2D eigenvalue weighted by molar-refractivity contribution is 7.68. The van der Waals surface area contributed by atoms with E-state index < -0.39 is 126 Å². The van der Waals surface area contributed by atoms with Crippen molar-refractivity contribution in [2.45, 2.75) is 80.9 Å². The molecular weight excluding hydrogens is 758 g/mol. The van der Waals surface area contributed by atoms with Gasteiger partial charge in [-0.3, -0.25) is 27.2 Å². The molecule has 14 atom stereocenters. The van der Waals surface area contributed by atoms with Gasteiger partial charge in [-0.15, -0.1) is 0 Å². The summed E-state index contributed by atoms with van der Waals surface area (Å²) in [5, 5.41) is 9.92. The lowest BCUT2D eigenvalue weighted by Crippen LogP contribution is -2.31. The fraction of sp³-hybridized carbons (Fsp3) is 1.00. The monoisotopic (exact) mass is 793 g/mol. The lowest BCUT2D eigenvalue weighted by molar-refractivity contribution is -0.0396.